The minimum atomic E-state index is -0.761. The molecule has 3 heterocycles. The minimum absolute atomic E-state index is 0.0130. The maximum Gasteiger partial charge on any atom is 0.251 e. The maximum absolute atomic E-state index is 13.2. The fourth-order valence-corrected chi connectivity index (χ4v) is 4.67. The number of carbonyl (C=O) groups excluding carboxylic acids is 1. The second-order valence-electron chi connectivity index (χ2n) is 6.51. The average molecular weight is 439 g/mol. The van der Waals surface area contributed by atoms with E-state index in [1.165, 1.54) is 0 Å². The fourth-order valence-electron chi connectivity index (χ4n) is 3.57. The molecule has 0 spiro atoms. The maximum atomic E-state index is 13.2. The van der Waals surface area contributed by atoms with Crippen molar-refractivity contribution in [2.24, 2.45) is 5.10 Å². The Morgan fingerprint density at radius 2 is 2.00 bits per heavy atom. The second-order valence-corrected chi connectivity index (χ2v) is 8.37. The van der Waals surface area contributed by atoms with Gasteiger partial charge in [-0.25, -0.2) is 5.01 Å². The van der Waals surface area contributed by atoms with Crippen molar-refractivity contribution in [1.82, 2.24) is 5.01 Å². The van der Waals surface area contributed by atoms with Crippen LogP contribution in [0.5, 0.6) is 5.75 Å². The lowest BCUT2D eigenvalue weighted by molar-refractivity contribution is -0.00458. The molecular formula is C21H15BrN2O2S. The van der Waals surface area contributed by atoms with Gasteiger partial charge in [-0.1, -0.05) is 52.3 Å². The normalized spacial score (nSPS) is 20.5. The minimum Gasteiger partial charge on any atom is -0.461 e. The van der Waals surface area contributed by atoms with Gasteiger partial charge in [0.05, 0.1) is 16.6 Å². The van der Waals surface area contributed by atoms with Crippen molar-refractivity contribution in [3.05, 3.63) is 86.5 Å². The van der Waals surface area contributed by atoms with Gasteiger partial charge < -0.3 is 4.74 Å². The summed E-state index contributed by atoms with van der Waals surface area (Å²) in [6.45, 7) is 0. The molecule has 1 aromatic heterocycles. The van der Waals surface area contributed by atoms with Gasteiger partial charge in [-0.3, -0.25) is 4.79 Å². The van der Waals surface area contributed by atoms with Crippen LogP contribution in [0.2, 0.25) is 0 Å². The van der Waals surface area contributed by atoms with E-state index in [0.29, 0.717) is 5.56 Å². The van der Waals surface area contributed by atoms with Crippen LogP contribution in [0.1, 0.15) is 33.3 Å². The molecule has 0 bridgehead atoms. The summed E-state index contributed by atoms with van der Waals surface area (Å²) in [4.78, 5) is 14.3. The van der Waals surface area contributed by atoms with Crippen LogP contribution in [0.4, 0.5) is 0 Å². The molecule has 0 saturated carbocycles. The lowest BCUT2D eigenvalue weighted by Crippen LogP contribution is -2.45. The Morgan fingerprint density at radius 1 is 1.15 bits per heavy atom. The predicted molar refractivity (Wildman–Crippen MR) is 109 cm³/mol. The Morgan fingerprint density at radius 3 is 2.78 bits per heavy atom. The molecule has 134 valence electrons. The van der Waals surface area contributed by atoms with Crippen LogP contribution in [-0.4, -0.2) is 22.7 Å². The Balaban J connectivity index is 1.59. The monoisotopic (exact) mass is 438 g/mol. The summed E-state index contributed by atoms with van der Waals surface area (Å²) < 4.78 is 7.12. The molecule has 2 atom stereocenters. The summed E-state index contributed by atoms with van der Waals surface area (Å²) in [5, 5.41) is 8.69. The van der Waals surface area contributed by atoms with Crippen LogP contribution >= 0.6 is 27.3 Å². The van der Waals surface area contributed by atoms with E-state index < -0.39 is 6.23 Å². The van der Waals surface area contributed by atoms with Gasteiger partial charge in [-0.15, -0.1) is 11.3 Å². The van der Waals surface area contributed by atoms with Crippen LogP contribution in [0, 0.1) is 0 Å². The molecule has 0 unspecified atom stereocenters. The lowest BCUT2D eigenvalue weighted by atomic mass is 9.97. The highest BCUT2D eigenvalue weighted by Crippen LogP contribution is 2.44. The molecule has 0 N–H and O–H groups in total. The van der Waals surface area contributed by atoms with Crippen LogP contribution in [-0.2, 0) is 0 Å². The molecular weight excluding hydrogens is 424 g/mol. The van der Waals surface area contributed by atoms with Crippen LogP contribution in [0.25, 0.3) is 0 Å². The summed E-state index contributed by atoms with van der Waals surface area (Å²) in [6, 6.07) is 19.3. The zero-order chi connectivity index (χ0) is 18.4. The zero-order valence-electron chi connectivity index (χ0n) is 14.2. The molecule has 3 aromatic rings. The van der Waals surface area contributed by atoms with Crippen LogP contribution in [0.15, 0.2) is 75.6 Å². The Bertz CT molecular complexity index is 1030. The summed E-state index contributed by atoms with van der Waals surface area (Å²) in [5.41, 5.74) is 2.68. The van der Waals surface area contributed by atoms with Crippen molar-refractivity contribution in [2.75, 3.05) is 0 Å². The van der Waals surface area contributed by atoms with E-state index >= 15 is 0 Å². The van der Waals surface area contributed by atoms with Crippen molar-refractivity contribution in [3.8, 4) is 5.75 Å². The molecule has 0 radical (unpaired) electrons. The molecule has 27 heavy (non-hydrogen) atoms. The van der Waals surface area contributed by atoms with Crippen molar-refractivity contribution in [2.45, 2.75) is 18.7 Å². The largest absolute Gasteiger partial charge is 0.461 e. The number of hydrogen-bond acceptors (Lipinski definition) is 5. The van der Waals surface area contributed by atoms with E-state index in [-0.39, 0.29) is 11.8 Å². The van der Waals surface area contributed by atoms with Crippen molar-refractivity contribution in [1.29, 1.82) is 0 Å². The van der Waals surface area contributed by atoms with E-state index in [0.717, 1.165) is 32.8 Å². The topological polar surface area (TPSA) is 41.9 Å². The van der Waals surface area contributed by atoms with Crippen molar-refractivity contribution >= 4 is 38.8 Å². The zero-order valence-corrected chi connectivity index (χ0v) is 16.6. The van der Waals surface area contributed by atoms with E-state index in [9.17, 15) is 4.79 Å². The number of fused-ring (bicyclic) bond motifs is 3. The van der Waals surface area contributed by atoms with Crippen molar-refractivity contribution < 1.29 is 9.53 Å². The number of Topliss-reactive ketones (excluding diaryl/α,β-unsaturated/α-hetero) is 1. The van der Waals surface area contributed by atoms with E-state index in [1.807, 2.05) is 58.9 Å². The number of halogens is 1. The number of rotatable bonds is 3. The second kappa shape index (κ2) is 6.62. The molecule has 0 fully saturated rings. The van der Waals surface area contributed by atoms with Gasteiger partial charge in [0.1, 0.15) is 5.75 Å². The fraction of sp³-hybridized carbons (Fsp3) is 0.143. The molecule has 0 aliphatic carbocycles. The van der Waals surface area contributed by atoms with Crippen LogP contribution < -0.4 is 4.74 Å². The number of hydrogen-bond donors (Lipinski definition) is 0. The third-order valence-electron chi connectivity index (χ3n) is 4.84. The first kappa shape index (κ1) is 16.7. The number of carbonyl (C=O) groups is 1. The molecule has 2 aliphatic heterocycles. The number of nitrogens with zero attached hydrogens (tertiary/aromatic N) is 2. The van der Waals surface area contributed by atoms with Gasteiger partial charge >= 0.3 is 0 Å². The van der Waals surface area contributed by atoms with Gasteiger partial charge in [0.15, 0.2) is 0 Å². The highest BCUT2D eigenvalue weighted by atomic mass is 79.9. The quantitative estimate of drug-likeness (QED) is 0.523. The predicted octanol–water partition coefficient (Wildman–Crippen LogP) is 5.26. The van der Waals surface area contributed by atoms with E-state index in [1.54, 1.807) is 11.3 Å². The number of hydrazone groups is 1. The highest BCUT2D eigenvalue weighted by Gasteiger charge is 2.43. The molecule has 2 aliphatic rings. The number of ketones is 1. The Labute approximate surface area is 169 Å². The summed E-state index contributed by atoms with van der Waals surface area (Å²) in [5.74, 6) is 0.668. The smallest absolute Gasteiger partial charge is 0.251 e. The summed E-state index contributed by atoms with van der Waals surface area (Å²) in [6.07, 6.45) is -0.00476. The number of ether oxygens (including phenoxy) is 1. The first-order valence-corrected chi connectivity index (χ1v) is 10.3. The van der Waals surface area contributed by atoms with Gasteiger partial charge in [0.25, 0.3) is 6.23 Å². The van der Waals surface area contributed by atoms with Crippen LogP contribution in [0.3, 0.4) is 0 Å². The standard InChI is InChI=1S/C21H15BrN2O2S/c22-14-8-9-18-15(11-14)17-12-16(19-7-4-10-27-19)23-24(17)21(26-18)20(25)13-5-2-1-3-6-13/h1-11,17,21H,12H2/t17-,21-/m0/s1. The van der Waals surface area contributed by atoms with E-state index in [4.69, 9.17) is 9.84 Å². The molecule has 2 aromatic carbocycles. The number of thiophene rings is 1. The third-order valence-corrected chi connectivity index (χ3v) is 6.25. The van der Waals surface area contributed by atoms with Gasteiger partial charge in [0.2, 0.25) is 5.78 Å². The Hall–Kier alpha value is -2.44. The van der Waals surface area contributed by atoms with E-state index in [2.05, 4.69) is 28.1 Å². The van der Waals surface area contributed by atoms with Gasteiger partial charge in [-0.05, 0) is 29.6 Å². The number of benzene rings is 2. The molecule has 0 saturated heterocycles. The summed E-state index contributed by atoms with van der Waals surface area (Å²) >= 11 is 5.21. The molecule has 6 heteroatoms. The molecule has 0 amide bonds. The molecule has 5 rings (SSSR count). The SMILES string of the molecule is O=C(c1ccccc1)[C@@H]1Oc2ccc(Br)cc2[C@@H]2CC(c3cccs3)=NN12. The van der Waals surface area contributed by atoms with Crippen molar-refractivity contribution in [3.63, 3.8) is 0 Å². The van der Waals surface area contributed by atoms with Gasteiger partial charge in [-0.2, -0.15) is 5.10 Å². The first-order valence-electron chi connectivity index (χ1n) is 8.66. The summed E-state index contributed by atoms with van der Waals surface area (Å²) in [7, 11) is 0. The lowest BCUT2D eigenvalue weighted by Gasteiger charge is -2.37. The molecule has 4 nitrogen and oxygen atoms in total. The average Bonchev–Trinajstić information content (AvgIpc) is 3.37. The Kier molecular flexibility index (Phi) is 4.10. The van der Waals surface area contributed by atoms with Gasteiger partial charge in [0, 0.05) is 22.0 Å². The third kappa shape index (κ3) is 2.89. The first-order chi connectivity index (χ1) is 13.2. The highest BCUT2D eigenvalue weighted by molar-refractivity contribution is 9.10.